The topological polar surface area (TPSA) is 12.5 Å². The van der Waals surface area contributed by atoms with E-state index in [0.717, 1.165) is 24.5 Å². The van der Waals surface area contributed by atoms with Crippen molar-refractivity contribution >= 4 is 11.6 Å². The Morgan fingerprint density at radius 2 is 1.18 bits per heavy atom. The zero-order valence-corrected chi connectivity index (χ0v) is 19.1. The van der Waals surface area contributed by atoms with Gasteiger partial charge in [0.15, 0.2) is 0 Å². The Morgan fingerprint density at radius 3 is 1.64 bits per heavy atom. The molecule has 2 heteroatoms. The standard InChI is InChI=1S/C26H43ClO/c1-2-3-4-5-6-7-8-9-10-11-12-13-14-15-21-26(23-28-26)22-20-24-16-18-25(27)19-17-24/h16-19H,2-15,20-23H2,1H3. The Balaban J connectivity index is 1.36. The summed E-state index contributed by atoms with van der Waals surface area (Å²) in [5, 5.41) is 0.823. The van der Waals surface area contributed by atoms with E-state index >= 15 is 0 Å². The third-order valence-electron chi connectivity index (χ3n) is 6.32. The number of unbranched alkanes of at least 4 members (excludes halogenated alkanes) is 13. The van der Waals surface area contributed by atoms with Crippen molar-refractivity contribution in [1.82, 2.24) is 0 Å². The van der Waals surface area contributed by atoms with Crippen LogP contribution in [0, 0.1) is 0 Å². The second-order valence-corrected chi connectivity index (χ2v) is 9.38. The minimum absolute atomic E-state index is 0.205. The van der Waals surface area contributed by atoms with Crippen LogP contribution in [0.25, 0.3) is 0 Å². The normalized spacial score (nSPS) is 18.5. The van der Waals surface area contributed by atoms with Crippen molar-refractivity contribution in [2.45, 2.75) is 122 Å². The summed E-state index contributed by atoms with van der Waals surface area (Å²) in [6.45, 7) is 3.26. The number of rotatable bonds is 18. The zero-order chi connectivity index (χ0) is 19.9. The molecule has 0 spiro atoms. The zero-order valence-electron chi connectivity index (χ0n) is 18.3. The van der Waals surface area contributed by atoms with Crippen LogP contribution in [0.15, 0.2) is 24.3 Å². The average molecular weight is 407 g/mol. The molecule has 1 heterocycles. The highest BCUT2D eigenvalue weighted by Crippen LogP contribution is 2.37. The maximum Gasteiger partial charge on any atom is 0.0919 e. The molecule has 1 atom stereocenters. The van der Waals surface area contributed by atoms with Crippen LogP contribution in [-0.2, 0) is 11.2 Å². The molecular weight excluding hydrogens is 364 g/mol. The van der Waals surface area contributed by atoms with Gasteiger partial charge in [-0.1, -0.05) is 121 Å². The van der Waals surface area contributed by atoms with Crippen molar-refractivity contribution in [3.63, 3.8) is 0 Å². The minimum atomic E-state index is 0.205. The summed E-state index contributed by atoms with van der Waals surface area (Å²) in [7, 11) is 0. The van der Waals surface area contributed by atoms with Crippen LogP contribution < -0.4 is 0 Å². The first-order valence-electron chi connectivity index (χ1n) is 12.1. The third-order valence-corrected chi connectivity index (χ3v) is 6.57. The smallest absolute Gasteiger partial charge is 0.0919 e. The lowest BCUT2D eigenvalue weighted by Crippen LogP contribution is -2.12. The summed E-state index contributed by atoms with van der Waals surface area (Å²) in [6, 6.07) is 8.27. The van der Waals surface area contributed by atoms with Gasteiger partial charge in [-0.05, 0) is 37.0 Å². The molecule has 0 radical (unpaired) electrons. The van der Waals surface area contributed by atoms with Gasteiger partial charge in [0.1, 0.15) is 0 Å². The van der Waals surface area contributed by atoms with Gasteiger partial charge in [-0.15, -0.1) is 0 Å². The highest BCUT2D eigenvalue weighted by Gasteiger charge is 2.43. The molecule has 1 aliphatic rings. The molecule has 0 bridgehead atoms. The third kappa shape index (κ3) is 10.9. The van der Waals surface area contributed by atoms with Gasteiger partial charge in [0, 0.05) is 5.02 Å². The predicted octanol–water partition coefficient (Wildman–Crippen LogP) is 8.91. The van der Waals surface area contributed by atoms with E-state index in [1.165, 1.54) is 102 Å². The number of hydrogen-bond acceptors (Lipinski definition) is 1. The fourth-order valence-electron chi connectivity index (χ4n) is 4.18. The molecule has 160 valence electrons. The van der Waals surface area contributed by atoms with Crippen molar-refractivity contribution < 1.29 is 4.74 Å². The molecule has 1 fully saturated rings. The van der Waals surface area contributed by atoms with Crippen LogP contribution in [0.3, 0.4) is 0 Å². The van der Waals surface area contributed by atoms with Crippen LogP contribution >= 0.6 is 11.6 Å². The second kappa shape index (κ2) is 14.5. The molecule has 0 aromatic heterocycles. The van der Waals surface area contributed by atoms with E-state index < -0.39 is 0 Å². The first kappa shape index (κ1) is 23.7. The molecular formula is C26H43ClO. The summed E-state index contributed by atoms with van der Waals surface area (Å²) >= 11 is 5.96. The quantitative estimate of drug-likeness (QED) is 0.175. The van der Waals surface area contributed by atoms with Crippen LogP contribution in [0.5, 0.6) is 0 Å². The van der Waals surface area contributed by atoms with Crippen LogP contribution in [-0.4, -0.2) is 12.2 Å². The van der Waals surface area contributed by atoms with Crippen molar-refractivity contribution in [2.75, 3.05) is 6.61 Å². The molecule has 1 aromatic carbocycles. The molecule has 1 saturated heterocycles. The highest BCUT2D eigenvalue weighted by molar-refractivity contribution is 6.30. The SMILES string of the molecule is CCCCCCCCCCCCCCCCC1(CCc2ccc(Cl)cc2)CO1. The second-order valence-electron chi connectivity index (χ2n) is 8.94. The fraction of sp³-hybridized carbons (Fsp3) is 0.769. The van der Waals surface area contributed by atoms with Crippen molar-refractivity contribution in [3.05, 3.63) is 34.9 Å². The summed E-state index contributed by atoms with van der Waals surface area (Å²) in [5.41, 5.74) is 1.58. The average Bonchev–Trinajstić information content (AvgIpc) is 3.48. The van der Waals surface area contributed by atoms with E-state index in [4.69, 9.17) is 16.3 Å². The van der Waals surface area contributed by atoms with Crippen molar-refractivity contribution in [1.29, 1.82) is 0 Å². The largest absolute Gasteiger partial charge is 0.370 e. The van der Waals surface area contributed by atoms with E-state index in [9.17, 15) is 0 Å². The number of epoxide rings is 1. The molecule has 0 amide bonds. The molecule has 0 N–H and O–H groups in total. The highest BCUT2D eigenvalue weighted by atomic mass is 35.5. The van der Waals surface area contributed by atoms with Gasteiger partial charge < -0.3 is 4.74 Å². The van der Waals surface area contributed by atoms with Crippen LogP contribution in [0.2, 0.25) is 5.02 Å². The van der Waals surface area contributed by atoms with Crippen molar-refractivity contribution in [2.24, 2.45) is 0 Å². The Hall–Kier alpha value is -0.530. The van der Waals surface area contributed by atoms with Gasteiger partial charge in [0.25, 0.3) is 0 Å². The summed E-state index contributed by atoms with van der Waals surface area (Å²) in [4.78, 5) is 0. The van der Waals surface area contributed by atoms with Crippen LogP contribution in [0.1, 0.15) is 115 Å². The molecule has 2 rings (SSSR count). The summed E-state index contributed by atoms with van der Waals surface area (Å²) < 4.78 is 5.83. The van der Waals surface area contributed by atoms with Crippen molar-refractivity contribution in [3.8, 4) is 0 Å². The number of benzene rings is 1. The summed E-state index contributed by atoms with van der Waals surface area (Å²) in [5.74, 6) is 0. The fourth-order valence-corrected chi connectivity index (χ4v) is 4.31. The first-order valence-corrected chi connectivity index (χ1v) is 12.5. The molecule has 1 aliphatic heterocycles. The Kier molecular flexibility index (Phi) is 12.3. The van der Waals surface area contributed by atoms with Gasteiger partial charge in [-0.25, -0.2) is 0 Å². The van der Waals surface area contributed by atoms with E-state index in [1.54, 1.807) is 0 Å². The molecule has 1 unspecified atom stereocenters. The summed E-state index contributed by atoms with van der Waals surface area (Å²) in [6.07, 6.45) is 23.5. The maximum absolute atomic E-state index is 5.96. The molecule has 1 aromatic rings. The van der Waals surface area contributed by atoms with E-state index in [0.29, 0.717) is 0 Å². The minimum Gasteiger partial charge on any atom is -0.370 e. The molecule has 0 saturated carbocycles. The predicted molar refractivity (Wildman–Crippen MR) is 123 cm³/mol. The number of halogens is 1. The van der Waals surface area contributed by atoms with Crippen LogP contribution in [0.4, 0.5) is 0 Å². The lowest BCUT2D eigenvalue weighted by Gasteiger charge is -2.12. The Bertz CT molecular complexity index is 492. The van der Waals surface area contributed by atoms with E-state index in [-0.39, 0.29) is 5.60 Å². The lowest BCUT2D eigenvalue weighted by atomic mass is 9.94. The monoisotopic (exact) mass is 406 g/mol. The van der Waals surface area contributed by atoms with Gasteiger partial charge >= 0.3 is 0 Å². The van der Waals surface area contributed by atoms with Gasteiger partial charge in [-0.3, -0.25) is 0 Å². The number of aryl methyl sites for hydroxylation is 1. The van der Waals surface area contributed by atoms with Gasteiger partial charge in [0.05, 0.1) is 12.2 Å². The Labute approximate surface area is 179 Å². The number of ether oxygens (including phenoxy) is 1. The Morgan fingerprint density at radius 1 is 0.714 bits per heavy atom. The van der Waals surface area contributed by atoms with Gasteiger partial charge in [-0.2, -0.15) is 0 Å². The lowest BCUT2D eigenvalue weighted by molar-refractivity contribution is 0.267. The first-order chi connectivity index (χ1) is 13.7. The van der Waals surface area contributed by atoms with E-state index in [1.807, 2.05) is 12.1 Å². The molecule has 1 nitrogen and oxygen atoms in total. The molecule has 28 heavy (non-hydrogen) atoms. The molecule has 0 aliphatic carbocycles. The maximum atomic E-state index is 5.96. The van der Waals surface area contributed by atoms with E-state index in [2.05, 4.69) is 19.1 Å². The number of hydrogen-bond donors (Lipinski definition) is 0. The van der Waals surface area contributed by atoms with Gasteiger partial charge in [0.2, 0.25) is 0 Å².